The standard InChI is InChI=1S/C24H23FN4O2S/c1-2-31-20-9-4-3-6-17(20)22-21-18(7-5-8-19(21)30)26-23-27-24(28-29(22)23)32-14-15-10-12-16(25)13-11-15/h3-4,6,9-13,22H,2,5,7-8,14H2,1H3,(H,26,27,28)/t22-/m1/s1. The number of thioether (sulfide) groups is 1. The van der Waals surface area contributed by atoms with Gasteiger partial charge in [0.1, 0.15) is 17.6 Å². The third kappa shape index (κ3) is 3.90. The molecular weight excluding hydrogens is 427 g/mol. The maximum atomic E-state index is 13.2. The molecule has 2 aromatic carbocycles. The number of ether oxygens (including phenoxy) is 1. The number of benzene rings is 2. The first-order chi connectivity index (χ1) is 15.6. The molecule has 2 heterocycles. The van der Waals surface area contributed by atoms with Crippen molar-refractivity contribution in [2.45, 2.75) is 43.1 Å². The van der Waals surface area contributed by atoms with Gasteiger partial charge in [-0.15, -0.1) is 5.10 Å². The van der Waals surface area contributed by atoms with Crippen LogP contribution in [0.25, 0.3) is 0 Å². The second kappa shape index (κ2) is 8.78. The molecule has 3 aromatic rings. The predicted octanol–water partition coefficient (Wildman–Crippen LogP) is 5.13. The molecule has 8 heteroatoms. The van der Waals surface area contributed by atoms with Crippen molar-refractivity contribution in [3.8, 4) is 5.75 Å². The van der Waals surface area contributed by atoms with Crippen LogP contribution >= 0.6 is 11.8 Å². The summed E-state index contributed by atoms with van der Waals surface area (Å²) in [6, 6.07) is 13.8. The van der Waals surface area contributed by atoms with E-state index in [4.69, 9.17) is 14.8 Å². The molecule has 32 heavy (non-hydrogen) atoms. The van der Waals surface area contributed by atoms with Crippen LogP contribution in [-0.4, -0.2) is 27.2 Å². The summed E-state index contributed by atoms with van der Waals surface area (Å²) >= 11 is 1.48. The molecule has 0 unspecified atom stereocenters. The van der Waals surface area contributed by atoms with Gasteiger partial charge in [-0.3, -0.25) is 4.79 Å². The smallest absolute Gasteiger partial charge is 0.227 e. The van der Waals surface area contributed by atoms with E-state index in [9.17, 15) is 9.18 Å². The highest BCUT2D eigenvalue weighted by Crippen LogP contribution is 2.43. The fraction of sp³-hybridized carbons (Fsp3) is 0.292. The predicted molar refractivity (Wildman–Crippen MR) is 121 cm³/mol. The van der Waals surface area contributed by atoms with Crippen LogP contribution < -0.4 is 10.1 Å². The topological polar surface area (TPSA) is 69.0 Å². The van der Waals surface area contributed by atoms with E-state index in [-0.39, 0.29) is 17.6 Å². The average Bonchev–Trinajstić information content (AvgIpc) is 3.21. The van der Waals surface area contributed by atoms with Crippen molar-refractivity contribution >= 4 is 23.5 Å². The van der Waals surface area contributed by atoms with Crippen molar-refractivity contribution in [2.75, 3.05) is 11.9 Å². The van der Waals surface area contributed by atoms with Crippen molar-refractivity contribution in [1.29, 1.82) is 0 Å². The fourth-order valence-corrected chi connectivity index (χ4v) is 4.99. The number of carbonyl (C=O) groups is 1. The van der Waals surface area contributed by atoms with E-state index in [1.54, 1.807) is 16.8 Å². The van der Waals surface area contributed by atoms with E-state index in [1.807, 2.05) is 31.2 Å². The number of nitrogens with one attached hydrogen (secondary N) is 1. The van der Waals surface area contributed by atoms with Gasteiger partial charge >= 0.3 is 0 Å². The van der Waals surface area contributed by atoms with Gasteiger partial charge in [0.15, 0.2) is 5.78 Å². The van der Waals surface area contributed by atoms with Crippen LogP contribution in [0.15, 0.2) is 65.0 Å². The molecule has 0 saturated heterocycles. The zero-order valence-electron chi connectivity index (χ0n) is 17.7. The number of rotatable bonds is 6. The number of fused-ring (bicyclic) bond motifs is 1. The zero-order chi connectivity index (χ0) is 22.1. The third-order valence-electron chi connectivity index (χ3n) is 5.64. The normalized spacial score (nSPS) is 17.6. The molecule has 2 aliphatic rings. The Morgan fingerprint density at radius 3 is 2.81 bits per heavy atom. The third-order valence-corrected chi connectivity index (χ3v) is 6.55. The summed E-state index contributed by atoms with van der Waals surface area (Å²) in [4.78, 5) is 17.7. The molecule has 0 fully saturated rings. The lowest BCUT2D eigenvalue weighted by Crippen LogP contribution is -2.31. The minimum absolute atomic E-state index is 0.136. The van der Waals surface area contributed by atoms with Crippen LogP contribution in [0.5, 0.6) is 5.75 Å². The van der Waals surface area contributed by atoms with Crippen LogP contribution in [0.1, 0.15) is 43.4 Å². The Bertz CT molecular complexity index is 1190. The number of nitrogens with zero attached hydrogens (tertiary/aromatic N) is 3. The van der Waals surface area contributed by atoms with Crippen LogP contribution in [0.2, 0.25) is 0 Å². The van der Waals surface area contributed by atoms with Gasteiger partial charge in [0.05, 0.1) is 6.61 Å². The molecule has 0 spiro atoms. The lowest BCUT2D eigenvalue weighted by atomic mass is 9.85. The lowest BCUT2D eigenvalue weighted by molar-refractivity contribution is -0.116. The van der Waals surface area contributed by atoms with Gasteiger partial charge in [0.2, 0.25) is 11.1 Å². The van der Waals surface area contributed by atoms with Crippen LogP contribution in [0, 0.1) is 5.82 Å². The minimum Gasteiger partial charge on any atom is -0.494 e. The Hall–Kier alpha value is -3.13. The number of hydrogen-bond donors (Lipinski definition) is 1. The molecule has 6 nitrogen and oxygen atoms in total. The number of halogens is 1. The summed E-state index contributed by atoms with van der Waals surface area (Å²) in [6.07, 6.45) is 2.16. The van der Waals surface area contributed by atoms with Crippen molar-refractivity contribution in [2.24, 2.45) is 0 Å². The number of ketones is 1. The quantitative estimate of drug-likeness (QED) is 0.525. The Morgan fingerprint density at radius 1 is 1.19 bits per heavy atom. The number of allylic oxidation sites excluding steroid dienone is 2. The number of para-hydroxylation sites is 1. The number of Topliss-reactive ketones (excluding diaryl/α,β-unsaturated/α-hetero) is 1. The molecule has 1 N–H and O–H groups in total. The molecule has 1 atom stereocenters. The summed E-state index contributed by atoms with van der Waals surface area (Å²) in [5, 5.41) is 8.71. The Labute approximate surface area is 189 Å². The summed E-state index contributed by atoms with van der Waals surface area (Å²) in [6.45, 7) is 2.48. The van der Waals surface area contributed by atoms with Crippen molar-refractivity contribution in [3.63, 3.8) is 0 Å². The maximum Gasteiger partial charge on any atom is 0.227 e. The second-order valence-electron chi connectivity index (χ2n) is 7.75. The zero-order valence-corrected chi connectivity index (χ0v) is 18.5. The molecule has 0 radical (unpaired) electrons. The molecule has 0 bridgehead atoms. The first kappa shape index (κ1) is 20.8. The fourth-order valence-electron chi connectivity index (χ4n) is 4.21. The summed E-state index contributed by atoms with van der Waals surface area (Å²) < 4.78 is 20.9. The summed E-state index contributed by atoms with van der Waals surface area (Å²) in [5.74, 6) is 1.87. The van der Waals surface area contributed by atoms with E-state index >= 15 is 0 Å². The largest absolute Gasteiger partial charge is 0.494 e. The summed E-state index contributed by atoms with van der Waals surface area (Å²) in [5.41, 5.74) is 3.56. The maximum absolute atomic E-state index is 13.2. The lowest BCUT2D eigenvalue weighted by Gasteiger charge is -2.32. The SMILES string of the molecule is CCOc1ccccc1[C@@H]1C2=C(CCCC2=O)Nc2nc(SCc3ccc(F)cc3)nn21. The van der Waals surface area contributed by atoms with Gasteiger partial charge in [0.25, 0.3) is 0 Å². The van der Waals surface area contributed by atoms with Crippen molar-refractivity contribution in [3.05, 3.63) is 76.7 Å². The summed E-state index contributed by atoms with van der Waals surface area (Å²) in [7, 11) is 0. The molecule has 1 aliphatic heterocycles. The van der Waals surface area contributed by atoms with Gasteiger partial charge in [0, 0.05) is 29.0 Å². The van der Waals surface area contributed by atoms with Crippen molar-refractivity contribution in [1.82, 2.24) is 14.8 Å². The Balaban J connectivity index is 1.52. The molecule has 0 amide bonds. The highest BCUT2D eigenvalue weighted by atomic mass is 32.2. The van der Waals surface area contributed by atoms with E-state index in [0.717, 1.165) is 41.0 Å². The van der Waals surface area contributed by atoms with Crippen molar-refractivity contribution < 1.29 is 13.9 Å². The van der Waals surface area contributed by atoms with E-state index in [1.165, 1.54) is 23.9 Å². The Kier molecular flexibility index (Phi) is 5.70. The minimum atomic E-state index is -0.385. The van der Waals surface area contributed by atoms with Gasteiger partial charge in [-0.25, -0.2) is 9.07 Å². The molecule has 0 saturated carbocycles. The second-order valence-corrected chi connectivity index (χ2v) is 8.69. The van der Waals surface area contributed by atoms with Gasteiger partial charge in [-0.05, 0) is 43.5 Å². The highest BCUT2D eigenvalue weighted by molar-refractivity contribution is 7.98. The molecule has 1 aliphatic carbocycles. The van der Waals surface area contributed by atoms with Crippen LogP contribution in [-0.2, 0) is 10.5 Å². The number of hydrogen-bond acceptors (Lipinski definition) is 6. The van der Waals surface area contributed by atoms with Gasteiger partial charge in [-0.1, -0.05) is 42.1 Å². The van der Waals surface area contributed by atoms with Gasteiger partial charge in [-0.2, -0.15) is 4.98 Å². The average molecular weight is 451 g/mol. The molecule has 164 valence electrons. The van der Waals surface area contributed by atoms with E-state index < -0.39 is 0 Å². The number of carbonyl (C=O) groups excluding carboxylic acids is 1. The van der Waals surface area contributed by atoms with E-state index in [2.05, 4.69) is 5.32 Å². The molecular formula is C24H23FN4O2S. The van der Waals surface area contributed by atoms with E-state index in [0.29, 0.717) is 29.9 Å². The van der Waals surface area contributed by atoms with Crippen LogP contribution in [0.3, 0.4) is 0 Å². The van der Waals surface area contributed by atoms with Gasteiger partial charge < -0.3 is 10.1 Å². The highest BCUT2D eigenvalue weighted by Gasteiger charge is 2.38. The first-order valence-electron chi connectivity index (χ1n) is 10.7. The number of anilines is 1. The monoisotopic (exact) mass is 450 g/mol. The number of aromatic nitrogens is 3. The van der Waals surface area contributed by atoms with Crippen LogP contribution in [0.4, 0.5) is 10.3 Å². The Morgan fingerprint density at radius 2 is 2.00 bits per heavy atom. The first-order valence-corrected chi connectivity index (χ1v) is 11.7. The molecule has 5 rings (SSSR count). The molecule has 1 aromatic heterocycles.